The first-order valence-corrected chi connectivity index (χ1v) is 21.4. The summed E-state index contributed by atoms with van der Waals surface area (Å²) in [6, 6.07) is -1.42. The van der Waals surface area contributed by atoms with Crippen molar-refractivity contribution in [1.29, 1.82) is 0 Å². The van der Waals surface area contributed by atoms with Crippen molar-refractivity contribution >= 4 is 5.97 Å². The Kier molecular flexibility index (Phi) is 17.0. The molecule has 4 rings (SSSR count). The van der Waals surface area contributed by atoms with E-state index in [0.717, 1.165) is 4.90 Å². The van der Waals surface area contributed by atoms with Crippen molar-refractivity contribution in [3.05, 3.63) is 0 Å². The van der Waals surface area contributed by atoms with Crippen LogP contribution in [0.5, 0.6) is 0 Å². The number of aliphatic hydroxyl groups is 5. The summed E-state index contributed by atoms with van der Waals surface area (Å²) >= 11 is 0. The maximum Gasteiger partial charge on any atom is 0.428 e. The normalized spacial score (nSPS) is 48.2. The van der Waals surface area contributed by atoms with Crippen LogP contribution < -0.4 is 10.6 Å². The zero-order valence-corrected chi connectivity index (χ0v) is 37.4. The van der Waals surface area contributed by atoms with Gasteiger partial charge in [0.1, 0.15) is 35.1 Å². The number of aliphatic hydroxyl groups excluding tert-OH is 2. The lowest BCUT2D eigenvalue weighted by Crippen LogP contribution is -2.70. The molecule has 4 fully saturated rings. The second-order valence-corrected chi connectivity index (χ2v) is 18.6. The van der Waals surface area contributed by atoms with E-state index in [1.54, 1.807) is 55.4 Å². The zero-order valence-electron chi connectivity index (χ0n) is 37.4. The number of halogens is 3. The quantitative estimate of drug-likeness (QED) is 0.123. The maximum atomic E-state index is 14.4. The van der Waals surface area contributed by atoms with Crippen molar-refractivity contribution in [2.45, 2.75) is 197 Å². The number of hydrogen-bond acceptors (Lipinski definition) is 16. The first-order valence-electron chi connectivity index (χ1n) is 21.4. The number of esters is 1. The molecular formula is C41H74F3N3O13. The summed E-state index contributed by atoms with van der Waals surface area (Å²) < 4.78 is 86.2. The summed E-state index contributed by atoms with van der Waals surface area (Å²) in [4.78, 5) is 15.5. The predicted octanol–water partition coefficient (Wildman–Crippen LogP) is 1.81. The van der Waals surface area contributed by atoms with E-state index in [-0.39, 0.29) is 57.8 Å². The molecule has 0 radical (unpaired) electrons. The van der Waals surface area contributed by atoms with Gasteiger partial charge in [0.15, 0.2) is 12.6 Å². The molecule has 4 aliphatic rings. The van der Waals surface area contributed by atoms with Gasteiger partial charge in [-0.25, -0.2) is 0 Å². The van der Waals surface area contributed by atoms with Gasteiger partial charge in [0.25, 0.3) is 0 Å². The first kappa shape index (κ1) is 51.3. The topological polar surface area (TPSA) is 210 Å². The molecule has 4 heterocycles. The van der Waals surface area contributed by atoms with Crippen LogP contribution in [0.1, 0.15) is 94.9 Å². The van der Waals surface area contributed by atoms with Gasteiger partial charge in [-0.3, -0.25) is 9.69 Å². The van der Waals surface area contributed by atoms with E-state index in [1.807, 2.05) is 6.92 Å². The predicted molar refractivity (Wildman–Crippen MR) is 211 cm³/mol. The number of carbonyl (C=O) groups is 1. The molecule has 0 spiro atoms. The average molecular weight is 874 g/mol. The van der Waals surface area contributed by atoms with Crippen LogP contribution in [-0.4, -0.2) is 179 Å². The lowest BCUT2D eigenvalue weighted by Gasteiger charge is -2.53. The monoisotopic (exact) mass is 874 g/mol. The fourth-order valence-corrected chi connectivity index (χ4v) is 9.86. The van der Waals surface area contributed by atoms with Crippen LogP contribution in [0.15, 0.2) is 0 Å². The van der Waals surface area contributed by atoms with Crippen molar-refractivity contribution in [2.24, 2.45) is 17.8 Å². The van der Waals surface area contributed by atoms with Crippen LogP contribution in [0.3, 0.4) is 0 Å². The van der Waals surface area contributed by atoms with E-state index in [0.29, 0.717) is 0 Å². The Balaban J connectivity index is 1.82. The molecule has 0 aromatic heterocycles. The second-order valence-electron chi connectivity index (χ2n) is 18.6. The first-order chi connectivity index (χ1) is 27.7. The van der Waals surface area contributed by atoms with Crippen LogP contribution in [0.2, 0.25) is 0 Å². The van der Waals surface area contributed by atoms with Crippen molar-refractivity contribution in [2.75, 3.05) is 40.4 Å². The molecule has 0 amide bonds. The summed E-state index contributed by atoms with van der Waals surface area (Å²) in [5.74, 6) is -3.25. The number of cyclic esters (lactones) is 1. The number of likely N-dealkylation sites (N-methyl/N-ethyl adjacent to an activating group) is 1. The Hall–Kier alpha value is -1.30. The Bertz CT molecular complexity index is 1400. The van der Waals surface area contributed by atoms with Gasteiger partial charge in [0.2, 0.25) is 6.23 Å². The minimum absolute atomic E-state index is 0.00258. The molecule has 19 heteroatoms. The van der Waals surface area contributed by atoms with E-state index in [1.165, 1.54) is 21.1 Å². The average Bonchev–Trinajstić information content (AvgIpc) is 3.50. The van der Waals surface area contributed by atoms with E-state index in [4.69, 9.17) is 33.2 Å². The van der Waals surface area contributed by atoms with Gasteiger partial charge in [0.05, 0.1) is 42.5 Å². The molecule has 16 nitrogen and oxygen atoms in total. The van der Waals surface area contributed by atoms with Gasteiger partial charge in [-0.2, -0.15) is 13.2 Å². The fourth-order valence-electron chi connectivity index (χ4n) is 9.86. The molecule has 4 saturated heterocycles. The number of rotatable bonds is 10. The minimum Gasteiger partial charge on any atom is -0.459 e. The van der Waals surface area contributed by atoms with Crippen LogP contribution in [-0.2, 0) is 38.0 Å². The third-order valence-electron chi connectivity index (χ3n) is 13.6. The molecule has 19 atom stereocenters. The molecule has 352 valence electrons. The second kappa shape index (κ2) is 19.8. The number of nitrogens with zero attached hydrogens (tertiary/aromatic N) is 1. The highest BCUT2D eigenvalue weighted by Gasteiger charge is 2.60. The Morgan fingerprint density at radius 2 is 1.65 bits per heavy atom. The third kappa shape index (κ3) is 10.8. The number of alkyl halides is 3. The number of nitrogens with one attached hydrogen (secondary N) is 2. The van der Waals surface area contributed by atoms with Crippen LogP contribution >= 0.6 is 0 Å². The summed E-state index contributed by atoms with van der Waals surface area (Å²) in [5, 5.41) is 63.2. The number of carbonyl (C=O) groups excluding carboxylic acids is 1. The molecule has 0 saturated carbocycles. The van der Waals surface area contributed by atoms with Gasteiger partial charge in [0, 0.05) is 44.6 Å². The SMILES string of the molecule is CC[C@H]1OC(=O)[C@H](C)[C@@H](O[C@H]2C[C@@](C)(OC)[C@](O)(CNCCO)[C@H](C)O2)[C@H](C)[C@@H](O[C@@H]2O[C@H](C)C[C@H]3[C@H]2OC(C(F)(F)F)N3C)[C@](C)(O)C[C@@H](C)CN[C@H](C)[C@@H](O)[C@]1(C)O. The Morgan fingerprint density at radius 3 is 2.23 bits per heavy atom. The van der Waals surface area contributed by atoms with Gasteiger partial charge >= 0.3 is 12.1 Å². The molecule has 0 bridgehead atoms. The molecular weight excluding hydrogens is 799 g/mol. The lowest BCUT2D eigenvalue weighted by molar-refractivity contribution is -0.336. The highest BCUT2D eigenvalue weighted by atomic mass is 19.4. The number of methoxy groups -OCH3 is 1. The van der Waals surface area contributed by atoms with Gasteiger partial charge in [-0.05, 0) is 87.2 Å². The van der Waals surface area contributed by atoms with Crippen LogP contribution in [0, 0.1) is 17.8 Å². The van der Waals surface area contributed by atoms with Crippen molar-refractivity contribution < 1.29 is 76.7 Å². The molecule has 0 aromatic rings. The highest BCUT2D eigenvalue weighted by Crippen LogP contribution is 2.45. The summed E-state index contributed by atoms with van der Waals surface area (Å²) in [5.41, 5.74) is -6.57. The maximum absolute atomic E-state index is 14.4. The molecule has 60 heavy (non-hydrogen) atoms. The third-order valence-corrected chi connectivity index (χ3v) is 13.6. The standard InChI is InChI=1S/C41H74F3N3O13/c1-13-28-39(10,52)32(49)25(6)46-19-21(2)17-37(8,51)33(60-35-31-27(16-22(3)55-35)47(11)36(59-31)41(42,43)44)23(4)30(24(5)34(50)57-28)58-29-18-38(9,54-12)40(53,26(7)56-29)20-45-14-15-48/h21-33,35-36,45-46,48-49,51-53H,13-20H2,1-12H3/t21-,22-,23+,24-,25-,26+,27+,28-,29+,30+,31-,32-,33-,35+,36?,37-,38-,39-,40+/m1/s1. The lowest BCUT2D eigenvalue weighted by atomic mass is 9.75. The fraction of sp³-hybridized carbons (Fsp3) is 0.976. The number of fused-ring (bicyclic) bond motifs is 1. The van der Waals surface area contributed by atoms with Crippen molar-refractivity contribution in [1.82, 2.24) is 15.5 Å². The molecule has 4 aliphatic heterocycles. The molecule has 0 aromatic carbocycles. The largest absolute Gasteiger partial charge is 0.459 e. The summed E-state index contributed by atoms with van der Waals surface area (Å²) in [6.45, 7) is 16.8. The van der Waals surface area contributed by atoms with E-state index in [2.05, 4.69) is 10.6 Å². The summed E-state index contributed by atoms with van der Waals surface area (Å²) in [7, 11) is 2.78. The summed E-state index contributed by atoms with van der Waals surface area (Å²) in [6.07, 6.45) is -16.8. The smallest absolute Gasteiger partial charge is 0.428 e. The van der Waals surface area contributed by atoms with Crippen molar-refractivity contribution in [3.8, 4) is 0 Å². The molecule has 7 N–H and O–H groups in total. The Labute approximate surface area is 353 Å². The minimum atomic E-state index is -4.71. The zero-order chi connectivity index (χ0) is 45.3. The van der Waals surface area contributed by atoms with Crippen molar-refractivity contribution in [3.63, 3.8) is 0 Å². The molecule has 0 aliphatic carbocycles. The number of hydrogen-bond donors (Lipinski definition) is 7. The van der Waals surface area contributed by atoms with Crippen LogP contribution in [0.4, 0.5) is 13.2 Å². The number of ether oxygens (including phenoxy) is 7. The van der Waals surface area contributed by atoms with Crippen LogP contribution in [0.25, 0.3) is 0 Å². The van der Waals surface area contributed by atoms with E-state index >= 15 is 0 Å². The van der Waals surface area contributed by atoms with Gasteiger partial charge in [-0.15, -0.1) is 0 Å². The van der Waals surface area contributed by atoms with Gasteiger partial charge < -0.3 is 69.3 Å². The Morgan fingerprint density at radius 1 is 1.00 bits per heavy atom. The van der Waals surface area contributed by atoms with E-state index in [9.17, 15) is 43.5 Å². The van der Waals surface area contributed by atoms with E-state index < -0.39 is 120 Å². The highest BCUT2D eigenvalue weighted by molar-refractivity contribution is 5.73. The molecule has 1 unspecified atom stereocenters. The van der Waals surface area contributed by atoms with Gasteiger partial charge in [-0.1, -0.05) is 20.8 Å².